The molecule has 6 N–H and O–H groups in total. The first-order valence-electron chi connectivity index (χ1n) is 3.79. The lowest BCUT2D eigenvalue weighted by Crippen LogP contribution is -2.30. The molecule has 0 radical (unpaired) electrons. The molecule has 13 heavy (non-hydrogen) atoms. The van der Waals surface area contributed by atoms with Gasteiger partial charge in [-0.1, -0.05) is 0 Å². The molecule has 0 saturated heterocycles. The molecule has 0 rings (SSSR count). The summed E-state index contributed by atoms with van der Waals surface area (Å²) in [5, 5.41) is 0. The van der Waals surface area contributed by atoms with Crippen LogP contribution in [-0.2, 0) is 9.32 Å². The summed E-state index contributed by atoms with van der Waals surface area (Å²) in [6, 6.07) is -0.605. The highest BCUT2D eigenvalue weighted by molar-refractivity contribution is 7.10. The maximum atomic E-state index is 10.8. The van der Waals surface area contributed by atoms with E-state index in [1.165, 1.54) is 0 Å². The van der Waals surface area contributed by atoms with Gasteiger partial charge in [0.05, 0.1) is 9.47 Å². The summed E-state index contributed by atoms with van der Waals surface area (Å²) in [5.41, 5.74) is 15.6. The van der Waals surface area contributed by atoms with Crippen molar-refractivity contribution in [2.75, 3.05) is 6.54 Å². The molecule has 0 aliphatic heterocycles. The van der Waals surface area contributed by atoms with Gasteiger partial charge < -0.3 is 21.7 Å². The average Bonchev–Trinajstić information content (AvgIpc) is 2.10. The molecule has 6 nitrogen and oxygen atoms in total. The number of rotatable bonds is 5. The maximum Gasteiger partial charge on any atom is 0.325 e. The fourth-order valence-electron chi connectivity index (χ4n) is 0.725. The van der Waals surface area contributed by atoms with Crippen LogP contribution in [-0.4, -0.2) is 24.5 Å². The molecule has 0 aliphatic carbocycles. The summed E-state index contributed by atoms with van der Waals surface area (Å²) in [4.78, 5) is 14.5. The van der Waals surface area contributed by atoms with Gasteiger partial charge in [-0.25, -0.2) is 0 Å². The van der Waals surface area contributed by atoms with E-state index in [9.17, 15) is 4.79 Å². The van der Waals surface area contributed by atoms with Crippen LogP contribution < -0.4 is 17.2 Å². The molecular formula is C6H15N4O2P. The number of nitrogens with zero attached hydrogens (tertiary/aromatic N) is 1. The van der Waals surface area contributed by atoms with Crippen molar-refractivity contribution >= 4 is 21.4 Å². The van der Waals surface area contributed by atoms with Crippen molar-refractivity contribution < 1.29 is 9.32 Å². The topological polar surface area (TPSA) is 117 Å². The van der Waals surface area contributed by atoms with Gasteiger partial charge in [0.2, 0.25) is 0 Å². The van der Waals surface area contributed by atoms with Crippen LogP contribution in [0.15, 0.2) is 4.99 Å². The van der Waals surface area contributed by atoms with Crippen LogP contribution in [0.1, 0.15) is 12.8 Å². The van der Waals surface area contributed by atoms with Crippen LogP contribution in [0.2, 0.25) is 0 Å². The van der Waals surface area contributed by atoms with Crippen LogP contribution in [0, 0.1) is 0 Å². The van der Waals surface area contributed by atoms with E-state index in [1.807, 2.05) is 9.47 Å². The zero-order valence-electron chi connectivity index (χ0n) is 7.27. The summed E-state index contributed by atoms with van der Waals surface area (Å²) in [6.45, 7) is 0.472. The molecule has 7 heteroatoms. The minimum absolute atomic E-state index is 0.0437. The van der Waals surface area contributed by atoms with Crippen molar-refractivity contribution in [1.82, 2.24) is 0 Å². The molecule has 0 heterocycles. The Kier molecular flexibility index (Phi) is 6.18. The van der Waals surface area contributed by atoms with Crippen molar-refractivity contribution in [2.45, 2.75) is 18.9 Å². The lowest BCUT2D eigenvalue weighted by Gasteiger charge is -2.06. The fraction of sp³-hybridized carbons (Fsp3) is 0.667. The maximum absolute atomic E-state index is 10.8. The normalized spacial score (nSPS) is 11.8. The minimum atomic E-state index is -0.605. The molecule has 0 aromatic heterocycles. The predicted octanol–water partition coefficient (Wildman–Crippen LogP) is -1.30. The quantitative estimate of drug-likeness (QED) is 0.224. The monoisotopic (exact) mass is 206 g/mol. The Bertz CT molecular complexity index is 193. The lowest BCUT2D eigenvalue weighted by atomic mass is 10.2. The lowest BCUT2D eigenvalue weighted by molar-refractivity contribution is -0.134. The van der Waals surface area contributed by atoms with Gasteiger partial charge >= 0.3 is 5.97 Å². The van der Waals surface area contributed by atoms with E-state index in [-0.39, 0.29) is 5.96 Å². The summed E-state index contributed by atoms with van der Waals surface area (Å²) in [7, 11) is 1.86. The van der Waals surface area contributed by atoms with E-state index in [0.29, 0.717) is 19.4 Å². The van der Waals surface area contributed by atoms with E-state index < -0.39 is 12.0 Å². The molecule has 0 bridgehead atoms. The number of guanidine groups is 1. The summed E-state index contributed by atoms with van der Waals surface area (Å²) in [6.07, 6.45) is 1.16. The van der Waals surface area contributed by atoms with E-state index in [4.69, 9.17) is 17.2 Å². The molecule has 0 amide bonds. The van der Waals surface area contributed by atoms with Gasteiger partial charge in [-0.3, -0.25) is 9.79 Å². The molecule has 1 unspecified atom stereocenters. The Morgan fingerprint density at radius 3 is 2.62 bits per heavy atom. The van der Waals surface area contributed by atoms with Crippen LogP contribution in [0.4, 0.5) is 0 Å². The number of hydrogen-bond acceptors (Lipinski definition) is 4. The Morgan fingerprint density at radius 2 is 2.15 bits per heavy atom. The second-order valence-electron chi connectivity index (χ2n) is 2.49. The number of hydrogen-bond donors (Lipinski definition) is 3. The average molecular weight is 206 g/mol. The minimum Gasteiger partial charge on any atom is -0.450 e. The largest absolute Gasteiger partial charge is 0.450 e. The molecule has 0 saturated carbocycles. The van der Waals surface area contributed by atoms with Crippen molar-refractivity contribution in [1.29, 1.82) is 0 Å². The Balaban J connectivity index is 3.53. The third-order valence-corrected chi connectivity index (χ3v) is 1.62. The van der Waals surface area contributed by atoms with Gasteiger partial charge in [0, 0.05) is 6.54 Å². The predicted molar refractivity (Wildman–Crippen MR) is 53.7 cm³/mol. The highest BCUT2D eigenvalue weighted by atomic mass is 31.0. The highest BCUT2D eigenvalue weighted by Crippen LogP contribution is 1.99. The van der Waals surface area contributed by atoms with E-state index in [1.54, 1.807) is 0 Å². The summed E-state index contributed by atoms with van der Waals surface area (Å²) < 4.78 is 4.36. The van der Waals surface area contributed by atoms with Crippen LogP contribution in [0.3, 0.4) is 0 Å². The first-order chi connectivity index (χ1) is 6.07. The van der Waals surface area contributed by atoms with Crippen LogP contribution in [0.5, 0.6) is 0 Å². The zero-order chi connectivity index (χ0) is 10.3. The standard InChI is InChI=1S/C6H15N4O2P/c7-4(5(11)12-13)2-1-3-10-6(8)9/h4H,1-3,7,13H2,(H4,8,9,10)/t4-/m0/s1. The second-order valence-corrected chi connectivity index (χ2v) is 2.73. The van der Waals surface area contributed by atoms with Gasteiger partial charge in [-0.2, -0.15) is 0 Å². The number of carbonyl (C=O) groups excluding carboxylic acids is 1. The van der Waals surface area contributed by atoms with Crippen molar-refractivity contribution in [3.05, 3.63) is 0 Å². The highest BCUT2D eigenvalue weighted by Gasteiger charge is 2.12. The van der Waals surface area contributed by atoms with Gasteiger partial charge in [0.15, 0.2) is 5.96 Å². The Labute approximate surface area is 79.2 Å². The van der Waals surface area contributed by atoms with Crippen LogP contribution >= 0.6 is 9.47 Å². The number of aliphatic imine (C=N–C) groups is 1. The summed E-state index contributed by atoms with van der Waals surface area (Å²) >= 11 is 0. The van der Waals surface area contributed by atoms with E-state index in [2.05, 4.69) is 9.52 Å². The van der Waals surface area contributed by atoms with Gasteiger partial charge in [0.25, 0.3) is 0 Å². The first kappa shape index (κ1) is 12.1. The zero-order valence-corrected chi connectivity index (χ0v) is 8.43. The molecule has 0 spiro atoms. The van der Waals surface area contributed by atoms with Gasteiger partial charge in [-0.15, -0.1) is 0 Å². The number of nitrogens with two attached hydrogens (primary N) is 3. The second kappa shape index (κ2) is 6.62. The SMILES string of the molecule is NC(N)=NCCC[C@H](N)C(=O)OP. The molecule has 76 valence electrons. The van der Waals surface area contributed by atoms with E-state index >= 15 is 0 Å². The molecule has 0 fully saturated rings. The van der Waals surface area contributed by atoms with Gasteiger partial charge in [0.1, 0.15) is 6.04 Å². The fourth-order valence-corrected chi connectivity index (χ4v) is 0.899. The van der Waals surface area contributed by atoms with Crippen molar-refractivity contribution in [3.63, 3.8) is 0 Å². The number of carbonyl (C=O) groups is 1. The molecule has 0 aromatic carbocycles. The van der Waals surface area contributed by atoms with Crippen molar-refractivity contribution in [3.8, 4) is 0 Å². The molecular weight excluding hydrogens is 191 g/mol. The molecule has 0 aromatic rings. The molecule has 2 atom stereocenters. The van der Waals surface area contributed by atoms with Gasteiger partial charge in [-0.05, 0) is 12.8 Å². The molecule has 0 aliphatic rings. The smallest absolute Gasteiger partial charge is 0.325 e. The third kappa shape index (κ3) is 6.31. The van der Waals surface area contributed by atoms with E-state index in [0.717, 1.165) is 0 Å². The van der Waals surface area contributed by atoms with Crippen LogP contribution in [0.25, 0.3) is 0 Å². The third-order valence-electron chi connectivity index (χ3n) is 1.39. The Morgan fingerprint density at radius 1 is 1.54 bits per heavy atom. The van der Waals surface area contributed by atoms with Crippen molar-refractivity contribution in [2.24, 2.45) is 22.2 Å². The Hall–Kier alpha value is -0.870. The first-order valence-corrected chi connectivity index (χ1v) is 4.26. The summed E-state index contributed by atoms with van der Waals surface area (Å²) in [5.74, 6) is -0.406.